The molecule has 0 aliphatic carbocycles. The number of benzene rings is 3. The molecule has 36 heavy (non-hydrogen) atoms. The van der Waals surface area contributed by atoms with E-state index < -0.39 is 35.9 Å². The van der Waals surface area contributed by atoms with Gasteiger partial charge in [0.2, 0.25) is 5.91 Å². The Balaban J connectivity index is 1.47. The van der Waals surface area contributed by atoms with Crippen LogP contribution in [0.3, 0.4) is 0 Å². The second-order valence-electron chi connectivity index (χ2n) is 7.82. The van der Waals surface area contributed by atoms with Crippen molar-refractivity contribution in [2.24, 2.45) is 0 Å². The van der Waals surface area contributed by atoms with E-state index in [2.05, 4.69) is 15.4 Å². The van der Waals surface area contributed by atoms with E-state index in [1.54, 1.807) is 24.3 Å². The number of ether oxygens (including phenoxy) is 1. The Morgan fingerprint density at radius 3 is 2.06 bits per heavy atom. The average Bonchev–Trinajstić information content (AvgIpc) is 2.84. The number of aliphatic carboxylic acids is 1. The molecule has 0 aromatic heterocycles. The van der Waals surface area contributed by atoms with E-state index >= 15 is 0 Å². The van der Waals surface area contributed by atoms with Crippen molar-refractivity contribution in [2.45, 2.75) is 31.8 Å². The molecule has 2 amide bonds. The van der Waals surface area contributed by atoms with Crippen LogP contribution < -0.4 is 15.4 Å². The molecular weight excluding hydrogens is 477 g/mol. The maximum Gasteiger partial charge on any atom is 0.573 e. The van der Waals surface area contributed by atoms with Crippen molar-refractivity contribution in [2.75, 3.05) is 0 Å². The fourth-order valence-electron chi connectivity index (χ4n) is 3.34. The van der Waals surface area contributed by atoms with Crippen molar-refractivity contribution in [3.05, 3.63) is 90.0 Å². The summed E-state index contributed by atoms with van der Waals surface area (Å²) in [6, 6.07) is 20.1. The van der Waals surface area contributed by atoms with Gasteiger partial charge in [0, 0.05) is 18.5 Å². The minimum Gasteiger partial charge on any atom is -0.480 e. The van der Waals surface area contributed by atoms with Gasteiger partial charge in [-0.3, -0.25) is 19.7 Å². The van der Waals surface area contributed by atoms with Crippen molar-refractivity contribution in [3.8, 4) is 16.9 Å². The van der Waals surface area contributed by atoms with Gasteiger partial charge in [-0.1, -0.05) is 54.6 Å². The normalized spacial score (nSPS) is 12.0. The zero-order chi connectivity index (χ0) is 26.1. The molecule has 0 radical (unpaired) electrons. The zero-order valence-corrected chi connectivity index (χ0v) is 18.9. The highest BCUT2D eigenvalue weighted by atomic mass is 19.4. The highest BCUT2D eigenvalue weighted by Crippen LogP contribution is 2.23. The molecule has 0 saturated heterocycles. The Morgan fingerprint density at radius 2 is 1.47 bits per heavy atom. The Bertz CT molecular complexity index is 1180. The minimum atomic E-state index is -4.80. The van der Waals surface area contributed by atoms with Gasteiger partial charge in [0.25, 0.3) is 5.91 Å². The molecule has 0 aliphatic heterocycles. The molecule has 7 nitrogen and oxygen atoms in total. The standard InChI is InChI=1S/C26H23F3N2O5/c27-26(28,29)36-21-12-6-17(7-13-21)16-30-22(25(34)35)14-15-23(32)31-24(33)20-10-8-19(9-11-20)18-4-2-1-3-5-18/h1-13,22,30H,14-16H2,(H,34,35)(H,31,32,33)/t22-/m0/s1. The summed E-state index contributed by atoms with van der Waals surface area (Å²) < 4.78 is 40.5. The SMILES string of the molecule is O=C(CC[C@H](NCc1ccc(OC(F)(F)F)cc1)C(=O)O)NC(=O)c1ccc(-c2ccccc2)cc1. The number of nitrogens with one attached hydrogen (secondary N) is 2. The Hall–Kier alpha value is -4.18. The second kappa shape index (κ2) is 12.0. The maximum absolute atomic E-state index is 12.4. The van der Waals surface area contributed by atoms with Crippen LogP contribution in [0.25, 0.3) is 11.1 Å². The molecule has 3 aromatic rings. The van der Waals surface area contributed by atoms with Gasteiger partial charge >= 0.3 is 12.3 Å². The van der Waals surface area contributed by atoms with Gasteiger partial charge in [-0.15, -0.1) is 13.2 Å². The van der Waals surface area contributed by atoms with E-state index in [4.69, 9.17) is 0 Å². The van der Waals surface area contributed by atoms with Gasteiger partial charge in [-0.05, 0) is 47.4 Å². The smallest absolute Gasteiger partial charge is 0.480 e. The quantitative estimate of drug-likeness (QED) is 0.378. The number of carboxylic acids is 1. The van der Waals surface area contributed by atoms with Crippen LogP contribution in [0.4, 0.5) is 13.2 Å². The number of hydrogen-bond acceptors (Lipinski definition) is 5. The minimum absolute atomic E-state index is 0.0393. The molecule has 0 saturated carbocycles. The number of carbonyl (C=O) groups is 3. The van der Waals surface area contributed by atoms with Gasteiger partial charge in [0.05, 0.1) is 0 Å². The summed E-state index contributed by atoms with van der Waals surface area (Å²) in [7, 11) is 0. The number of carboxylic acid groups (broad SMARTS) is 1. The number of amides is 2. The molecule has 10 heteroatoms. The predicted molar refractivity (Wildman–Crippen MR) is 125 cm³/mol. The van der Waals surface area contributed by atoms with Crippen LogP contribution in [0.5, 0.6) is 5.75 Å². The maximum atomic E-state index is 12.4. The van der Waals surface area contributed by atoms with E-state index in [0.29, 0.717) is 5.56 Å². The summed E-state index contributed by atoms with van der Waals surface area (Å²) in [6.45, 7) is 0.0393. The van der Waals surface area contributed by atoms with Crippen molar-refractivity contribution in [3.63, 3.8) is 0 Å². The first-order chi connectivity index (χ1) is 17.1. The molecule has 0 unspecified atom stereocenters. The third kappa shape index (κ3) is 8.24. The lowest BCUT2D eigenvalue weighted by atomic mass is 10.0. The molecule has 1 atom stereocenters. The summed E-state index contributed by atoms with van der Waals surface area (Å²) in [6.07, 6.45) is -5.13. The largest absolute Gasteiger partial charge is 0.573 e. The monoisotopic (exact) mass is 500 g/mol. The molecule has 3 N–H and O–H groups in total. The summed E-state index contributed by atoms with van der Waals surface area (Å²) in [5.74, 6) is -2.82. The van der Waals surface area contributed by atoms with Gasteiger partial charge in [0.1, 0.15) is 11.8 Å². The van der Waals surface area contributed by atoms with Crippen LogP contribution >= 0.6 is 0 Å². The van der Waals surface area contributed by atoms with E-state index in [1.165, 1.54) is 12.1 Å². The number of carbonyl (C=O) groups excluding carboxylic acids is 2. The van der Waals surface area contributed by atoms with Gasteiger partial charge in [-0.25, -0.2) is 0 Å². The lowest BCUT2D eigenvalue weighted by molar-refractivity contribution is -0.274. The number of imide groups is 1. The highest BCUT2D eigenvalue weighted by Gasteiger charge is 2.31. The zero-order valence-electron chi connectivity index (χ0n) is 18.9. The third-order valence-electron chi connectivity index (χ3n) is 5.17. The lowest BCUT2D eigenvalue weighted by Crippen LogP contribution is -2.38. The predicted octanol–water partition coefficient (Wildman–Crippen LogP) is 4.53. The summed E-state index contributed by atoms with van der Waals surface area (Å²) in [5, 5.41) is 14.4. The molecule has 0 aliphatic rings. The fourth-order valence-corrected chi connectivity index (χ4v) is 3.34. The highest BCUT2D eigenvalue weighted by molar-refractivity contribution is 6.04. The van der Waals surface area contributed by atoms with Crippen LogP contribution in [-0.4, -0.2) is 35.3 Å². The van der Waals surface area contributed by atoms with Crippen molar-refractivity contribution in [1.82, 2.24) is 10.6 Å². The number of halogens is 3. The van der Waals surface area contributed by atoms with E-state index in [0.717, 1.165) is 23.3 Å². The van der Waals surface area contributed by atoms with Crippen LogP contribution in [0.1, 0.15) is 28.8 Å². The molecule has 3 rings (SSSR count). The van der Waals surface area contributed by atoms with E-state index in [-0.39, 0.29) is 24.9 Å². The first kappa shape index (κ1) is 26.4. The number of alkyl halides is 3. The first-order valence-electron chi connectivity index (χ1n) is 10.9. The molecule has 0 fully saturated rings. The van der Waals surface area contributed by atoms with Gasteiger partial charge in [-0.2, -0.15) is 0 Å². The summed E-state index contributed by atoms with van der Waals surface area (Å²) >= 11 is 0. The number of hydrogen-bond donors (Lipinski definition) is 3. The molecule has 3 aromatic carbocycles. The number of rotatable bonds is 10. The van der Waals surface area contributed by atoms with Crippen LogP contribution in [-0.2, 0) is 16.1 Å². The van der Waals surface area contributed by atoms with Crippen LogP contribution in [0, 0.1) is 0 Å². The molecule has 0 heterocycles. The molecule has 188 valence electrons. The van der Waals surface area contributed by atoms with Gasteiger partial charge in [0.15, 0.2) is 0 Å². The van der Waals surface area contributed by atoms with E-state index in [1.807, 2.05) is 30.3 Å². The van der Waals surface area contributed by atoms with Crippen LogP contribution in [0.2, 0.25) is 0 Å². The van der Waals surface area contributed by atoms with Crippen LogP contribution in [0.15, 0.2) is 78.9 Å². The lowest BCUT2D eigenvalue weighted by Gasteiger charge is -2.15. The van der Waals surface area contributed by atoms with Crippen molar-refractivity contribution >= 4 is 17.8 Å². The molecule has 0 spiro atoms. The summed E-state index contributed by atoms with van der Waals surface area (Å²) in [5.41, 5.74) is 2.71. The Morgan fingerprint density at radius 1 is 0.861 bits per heavy atom. The van der Waals surface area contributed by atoms with E-state index in [9.17, 15) is 32.7 Å². The topological polar surface area (TPSA) is 105 Å². The Kier molecular flexibility index (Phi) is 8.80. The third-order valence-corrected chi connectivity index (χ3v) is 5.17. The molecular formula is C26H23F3N2O5. The fraction of sp³-hybridized carbons (Fsp3) is 0.192. The Labute approximate surface area is 204 Å². The van der Waals surface area contributed by atoms with Crippen molar-refractivity contribution < 1.29 is 37.4 Å². The van der Waals surface area contributed by atoms with Gasteiger partial charge < -0.3 is 15.2 Å². The second-order valence-corrected chi connectivity index (χ2v) is 7.82. The first-order valence-corrected chi connectivity index (χ1v) is 10.9. The summed E-state index contributed by atoms with van der Waals surface area (Å²) in [4.78, 5) is 36.1. The molecule has 0 bridgehead atoms. The van der Waals surface area contributed by atoms with Crippen molar-refractivity contribution in [1.29, 1.82) is 0 Å². The average molecular weight is 500 g/mol.